The summed E-state index contributed by atoms with van der Waals surface area (Å²) < 4.78 is 5.40. The number of carbonyl (C=O) groups excluding carboxylic acids is 2. The molecule has 26 heavy (non-hydrogen) atoms. The van der Waals surface area contributed by atoms with E-state index in [1.807, 2.05) is 45.0 Å². The number of para-hydroxylation sites is 1. The normalized spacial score (nSPS) is 10.3. The van der Waals surface area contributed by atoms with Crippen molar-refractivity contribution < 1.29 is 14.3 Å². The fourth-order valence-corrected chi connectivity index (χ4v) is 2.64. The smallest absolute Gasteiger partial charge is 0.254 e. The fourth-order valence-electron chi connectivity index (χ4n) is 2.64. The predicted octanol–water partition coefficient (Wildman–Crippen LogP) is 3.88. The molecule has 2 rings (SSSR count). The monoisotopic (exact) mass is 354 g/mol. The minimum absolute atomic E-state index is 0.0220. The van der Waals surface area contributed by atoms with Gasteiger partial charge in [-0.3, -0.25) is 9.59 Å². The van der Waals surface area contributed by atoms with E-state index in [0.717, 1.165) is 23.4 Å². The van der Waals surface area contributed by atoms with Gasteiger partial charge in [0.1, 0.15) is 12.3 Å². The van der Waals surface area contributed by atoms with Crippen LogP contribution in [0, 0.1) is 6.92 Å². The van der Waals surface area contributed by atoms with Crippen molar-refractivity contribution in [3.63, 3.8) is 0 Å². The lowest BCUT2D eigenvalue weighted by atomic mass is 10.1. The van der Waals surface area contributed by atoms with Gasteiger partial charge in [-0.1, -0.05) is 25.1 Å². The molecule has 2 aromatic rings. The molecule has 0 fully saturated rings. The average molecular weight is 354 g/mol. The van der Waals surface area contributed by atoms with Crippen molar-refractivity contribution in [2.45, 2.75) is 27.2 Å². The summed E-state index contributed by atoms with van der Waals surface area (Å²) in [7, 11) is 0. The van der Waals surface area contributed by atoms with E-state index in [-0.39, 0.29) is 18.4 Å². The van der Waals surface area contributed by atoms with Crippen LogP contribution in [0.2, 0.25) is 0 Å². The molecule has 0 saturated heterocycles. The van der Waals surface area contributed by atoms with Crippen LogP contribution in [-0.2, 0) is 4.79 Å². The number of nitrogens with zero attached hydrogens (tertiary/aromatic N) is 1. The van der Waals surface area contributed by atoms with Crippen LogP contribution < -0.4 is 10.1 Å². The van der Waals surface area contributed by atoms with Crippen LogP contribution in [0.1, 0.15) is 36.2 Å². The van der Waals surface area contributed by atoms with Crippen molar-refractivity contribution in [3.8, 4) is 5.75 Å². The molecule has 138 valence electrons. The summed E-state index contributed by atoms with van der Waals surface area (Å²) in [5, 5.41) is 2.88. The third kappa shape index (κ3) is 5.34. The number of benzene rings is 2. The maximum absolute atomic E-state index is 12.8. The molecule has 5 heteroatoms. The lowest BCUT2D eigenvalue weighted by Crippen LogP contribution is -2.38. The zero-order chi connectivity index (χ0) is 18.9. The molecule has 0 aromatic heterocycles. The van der Waals surface area contributed by atoms with E-state index in [9.17, 15) is 9.59 Å². The molecule has 0 aliphatic heterocycles. The highest BCUT2D eigenvalue weighted by Crippen LogP contribution is 2.15. The maximum atomic E-state index is 12.8. The lowest BCUT2D eigenvalue weighted by Gasteiger charge is -2.22. The summed E-state index contributed by atoms with van der Waals surface area (Å²) in [6.07, 6.45) is 0.778. The van der Waals surface area contributed by atoms with Crippen LogP contribution in [0.5, 0.6) is 5.75 Å². The van der Waals surface area contributed by atoms with Crippen molar-refractivity contribution >= 4 is 17.5 Å². The minimum Gasteiger partial charge on any atom is -0.494 e. The summed E-state index contributed by atoms with van der Waals surface area (Å²) in [5.74, 6) is 0.366. The molecule has 0 unspecified atom stereocenters. The fraction of sp³-hybridized carbons (Fsp3) is 0.333. The molecule has 0 aliphatic rings. The van der Waals surface area contributed by atoms with Gasteiger partial charge in [0.05, 0.1) is 6.61 Å². The third-order valence-corrected chi connectivity index (χ3v) is 3.95. The number of hydrogen-bond acceptors (Lipinski definition) is 3. The molecule has 0 radical (unpaired) electrons. The van der Waals surface area contributed by atoms with Gasteiger partial charge in [-0.15, -0.1) is 0 Å². The maximum Gasteiger partial charge on any atom is 0.254 e. The summed E-state index contributed by atoms with van der Waals surface area (Å²) in [6.45, 7) is 6.95. The standard InChI is InChI=1S/C21H26N2O3/c1-4-14-23(15-20(24)22-19-9-7-6-8-16(19)3)21(25)17-10-12-18(13-11-17)26-5-2/h6-13H,4-5,14-15H2,1-3H3,(H,22,24). The molecule has 0 atom stereocenters. The second-order valence-corrected chi connectivity index (χ2v) is 6.05. The predicted molar refractivity (Wildman–Crippen MR) is 104 cm³/mol. The molecule has 0 spiro atoms. The Morgan fingerprint density at radius 2 is 1.73 bits per heavy atom. The number of nitrogens with one attached hydrogen (secondary N) is 1. The molecule has 1 N–H and O–H groups in total. The number of carbonyl (C=O) groups is 2. The SMILES string of the molecule is CCCN(CC(=O)Nc1ccccc1C)C(=O)c1ccc(OCC)cc1. The van der Waals surface area contributed by atoms with E-state index in [0.29, 0.717) is 18.7 Å². The van der Waals surface area contributed by atoms with Gasteiger partial charge in [0.15, 0.2) is 0 Å². The first kappa shape index (κ1) is 19.5. The van der Waals surface area contributed by atoms with Gasteiger partial charge in [-0.25, -0.2) is 0 Å². The topological polar surface area (TPSA) is 58.6 Å². The van der Waals surface area contributed by atoms with Gasteiger partial charge in [0, 0.05) is 17.8 Å². The Morgan fingerprint density at radius 3 is 2.35 bits per heavy atom. The van der Waals surface area contributed by atoms with Gasteiger partial charge in [0.2, 0.25) is 5.91 Å². The Balaban J connectivity index is 2.05. The molecule has 2 amide bonds. The van der Waals surface area contributed by atoms with Gasteiger partial charge < -0.3 is 15.0 Å². The molecule has 0 bridgehead atoms. The summed E-state index contributed by atoms with van der Waals surface area (Å²) in [4.78, 5) is 26.7. The Hall–Kier alpha value is -2.82. The second kappa shape index (κ2) is 9.61. The first-order chi connectivity index (χ1) is 12.5. The highest BCUT2D eigenvalue weighted by atomic mass is 16.5. The first-order valence-electron chi connectivity index (χ1n) is 8.92. The van der Waals surface area contributed by atoms with E-state index in [1.165, 1.54) is 0 Å². The molecular weight excluding hydrogens is 328 g/mol. The van der Waals surface area contributed by atoms with Crippen LogP contribution in [-0.4, -0.2) is 36.4 Å². The first-order valence-corrected chi connectivity index (χ1v) is 8.92. The average Bonchev–Trinajstić information content (AvgIpc) is 2.63. The number of rotatable bonds is 8. The largest absolute Gasteiger partial charge is 0.494 e. The number of aryl methyl sites for hydroxylation is 1. The van der Waals surface area contributed by atoms with Crippen molar-refractivity contribution in [2.75, 3.05) is 25.0 Å². The lowest BCUT2D eigenvalue weighted by molar-refractivity contribution is -0.116. The Labute approximate surface area is 155 Å². The minimum atomic E-state index is -0.202. The van der Waals surface area contributed by atoms with E-state index in [2.05, 4.69) is 5.32 Å². The van der Waals surface area contributed by atoms with Crippen molar-refractivity contribution in [2.24, 2.45) is 0 Å². The Bertz CT molecular complexity index is 741. The van der Waals surface area contributed by atoms with Crippen LogP contribution in [0.4, 0.5) is 5.69 Å². The van der Waals surface area contributed by atoms with Gasteiger partial charge in [-0.05, 0) is 56.2 Å². The Morgan fingerprint density at radius 1 is 1.04 bits per heavy atom. The van der Waals surface area contributed by atoms with Crippen LogP contribution in [0.3, 0.4) is 0 Å². The van der Waals surface area contributed by atoms with Crippen LogP contribution in [0.25, 0.3) is 0 Å². The van der Waals surface area contributed by atoms with Crippen LogP contribution >= 0.6 is 0 Å². The number of amides is 2. The van der Waals surface area contributed by atoms with Gasteiger partial charge >= 0.3 is 0 Å². The molecule has 0 aliphatic carbocycles. The second-order valence-electron chi connectivity index (χ2n) is 6.05. The summed E-state index contributed by atoms with van der Waals surface area (Å²) in [5.41, 5.74) is 2.30. The number of hydrogen-bond donors (Lipinski definition) is 1. The quantitative estimate of drug-likeness (QED) is 0.782. The van der Waals surface area contributed by atoms with Crippen molar-refractivity contribution in [1.82, 2.24) is 4.90 Å². The van der Waals surface area contributed by atoms with Gasteiger partial charge in [-0.2, -0.15) is 0 Å². The zero-order valence-electron chi connectivity index (χ0n) is 15.6. The summed E-state index contributed by atoms with van der Waals surface area (Å²) in [6, 6.07) is 14.6. The third-order valence-electron chi connectivity index (χ3n) is 3.95. The highest BCUT2D eigenvalue weighted by Gasteiger charge is 2.18. The van der Waals surface area contributed by atoms with E-state index in [4.69, 9.17) is 4.74 Å². The van der Waals surface area contributed by atoms with Gasteiger partial charge in [0.25, 0.3) is 5.91 Å². The molecule has 0 heterocycles. The molecule has 5 nitrogen and oxygen atoms in total. The van der Waals surface area contributed by atoms with E-state index in [1.54, 1.807) is 29.2 Å². The van der Waals surface area contributed by atoms with E-state index < -0.39 is 0 Å². The molecule has 2 aromatic carbocycles. The number of anilines is 1. The van der Waals surface area contributed by atoms with Crippen LogP contribution in [0.15, 0.2) is 48.5 Å². The Kier molecular flexibility index (Phi) is 7.21. The van der Waals surface area contributed by atoms with Crippen molar-refractivity contribution in [1.29, 1.82) is 0 Å². The zero-order valence-corrected chi connectivity index (χ0v) is 15.6. The number of ether oxygens (including phenoxy) is 1. The van der Waals surface area contributed by atoms with E-state index >= 15 is 0 Å². The molecule has 0 saturated carbocycles. The molecular formula is C21H26N2O3. The highest BCUT2D eigenvalue weighted by molar-refractivity contribution is 5.99. The summed E-state index contributed by atoms with van der Waals surface area (Å²) >= 11 is 0. The van der Waals surface area contributed by atoms with Crippen molar-refractivity contribution in [3.05, 3.63) is 59.7 Å².